The van der Waals surface area contributed by atoms with Gasteiger partial charge in [-0.05, 0) is 19.3 Å². The first-order valence-corrected chi connectivity index (χ1v) is 8.03. The van der Waals surface area contributed by atoms with E-state index in [-0.39, 0.29) is 12.8 Å². The fraction of sp³-hybridized carbons (Fsp3) is 0.800. The molecule has 0 spiro atoms. The minimum atomic E-state index is -7.88. The van der Waals surface area contributed by atoms with Gasteiger partial charge in [-0.25, -0.2) is 0 Å². The SMILES string of the molecule is O=C1C=CO[C@@H](CCCCC(F)(F)C(F)(F)C(F)(F)C(F)(F)C(F)(F)C(F)(F)F)C1. The normalized spacial score (nSPS) is 19.8. The second-order valence-electron chi connectivity index (χ2n) is 6.48. The molecule has 0 aromatic rings. The van der Waals surface area contributed by atoms with E-state index in [9.17, 15) is 61.9 Å². The van der Waals surface area contributed by atoms with Crippen molar-refractivity contribution in [3.8, 4) is 0 Å². The maximum absolute atomic E-state index is 13.6. The molecule has 0 unspecified atom stereocenters. The highest BCUT2D eigenvalue weighted by Crippen LogP contribution is 2.60. The number of ether oxygens (including phenoxy) is 1. The van der Waals surface area contributed by atoms with Gasteiger partial charge in [0.05, 0.1) is 6.26 Å². The lowest BCUT2D eigenvalue weighted by Crippen LogP contribution is -2.70. The highest BCUT2D eigenvalue weighted by molar-refractivity contribution is 5.90. The summed E-state index contributed by atoms with van der Waals surface area (Å²) in [6, 6.07) is 0. The van der Waals surface area contributed by atoms with Crippen molar-refractivity contribution in [3.63, 3.8) is 0 Å². The number of ketones is 1. The monoisotopic (exact) mass is 472 g/mol. The van der Waals surface area contributed by atoms with Crippen LogP contribution in [-0.2, 0) is 9.53 Å². The molecule has 0 saturated heterocycles. The predicted molar refractivity (Wildman–Crippen MR) is 72.9 cm³/mol. The number of carbonyl (C=O) groups is 1. The van der Waals surface area contributed by atoms with E-state index in [4.69, 9.17) is 4.74 Å². The van der Waals surface area contributed by atoms with Crippen LogP contribution in [-0.4, -0.2) is 47.7 Å². The van der Waals surface area contributed by atoms with Gasteiger partial charge in [-0.1, -0.05) is 0 Å². The van der Waals surface area contributed by atoms with E-state index in [1.807, 2.05) is 0 Å². The molecule has 0 radical (unpaired) electrons. The van der Waals surface area contributed by atoms with Gasteiger partial charge in [0.25, 0.3) is 0 Å². The lowest BCUT2D eigenvalue weighted by molar-refractivity contribution is -0.440. The lowest BCUT2D eigenvalue weighted by atomic mass is 9.91. The van der Waals surface area contributed by atoms with Crippen LogP contribution >= 0.6 is 0 Å². The summed E-state index contributed by atoms with van der Waals surface area (Å²) in [4.78, 5) is 11.1. The van der Waals surface area contributed by atoms with Crippen molar-refractivity contribution in [2.75, 3.05) is 0 Å². The largest absolute Gasteiger partial charge is 0.497 e. The van der Waals surface area contributed by atoms with E-state index in [1.54, 1.807) is 0 Å². The summed E-state index contributed by atoms with van der Waals surface area (Å²) in [5.74, 6) is -37.1. The molecule has 176 valence electrons. The fourth-order valence-corrected chi connectivity index (χ4v) is 2.41. The molecular weight excluding hydrogens is 459 g/mol. The van der Waals surface area contributed by atoms with Crippen LogP contribution in [0.5, 0.6) is 0 Å². The van der Waals surface area contributed by atoms with Crippen LogP contribution in [0.1, 0.15) is 32.1 Å². The highest BCUT2D eigenvalue weighted by atomic mass is 19.4. The van der Waals surface area contributed by atoms with Crippen molar-refractivity contribution in [3.05, 3.63) is 12.3 Å². The van der Waals surface area contributed by atoms with Gasteiger partial charge < -0.3 is 4.74 Å². The number of hydrogen-bond donors (Lipinski definition) is 0. The van der Waals surface area contributed by atoms with Crippen molar-refractivity contribution >= 4 is 5.78 Å². The van der Waals surface area contributed by atoms with Crippen LogP contribution in [0, 0.1) is 0 Å². The molecule has 0 bridgehead atoms. The number of unbranched alkanes of at least 4 members (excludes halogenated alkanes) is 1. The quantitative estimate of drug-likeness (QED) is 0.297. The highest BCUT2D eigenvalue weighted by Gasteiger charge is 2.90. The Bertz CT molecular complexity index is 651. The maximum Gasteiger partial charge on any atom is 0.460 e. The third-order valence-electron chi connectivity index (χ3n) is 4.22. The van der Waals surface area contributed by atoms with E-state index in [0.717, 1.165) is 12.3 Å². The zero-order chi connectivity index (χ0) is 23.8. The summed E-state index contributed by atoms with van der Waals surface area (Å²) in [5, 5.41) is 0. The van der Waals surface area contributed by atoms with Crippen LogP contribution in [0.25, 0.3) is 0 Å². The van der Waals surface area contributed by atoms with Crippen LogP contribution in [0.15, 0.2) is 12.3 Å². The van der Waals surface area contributed by atoms with Gasteiger partial charge in [0, 0.05) is 18.9 Å². The first-order chi connectivity index (χ1) is 13.2. The van der Waals surface area contributed by atoms with Crippen molar-refractivity contribution < 1.29 is 66.6 Å². The molecule has 1 atom stereocenters. The Morgan fingerprint density at radius 2 is 1.27 bits per heavy atom. The van der Waals surface area contributed by atoms with Gasteiger partial charge >= 0.3 is 35.8 Å². The van der Waals surface area contributed by atoms with Gasteiger partial charge in [-0.15, -0.1) is 0 Å². The van der Waals surface area contributed by atoms with Crippen LogP contribution in [0.2, 0.25) is 0 Å². The topological polar surface area (TPSA) is 26.3 Å². The van der Waals surface area contributed by atoms with Gasteiger partial charge in [-0.3, -0.25) is 4.79 Å². The molecule has 1 rings (SSSR count). The molecule has 0 N–H and O–H groups in total. The molecule has 30 heavy (non-hydrogen) atoms. The van der Waals surface area contributed by atoms with Crippen molar-refractivity contribution in [2.24, 2.45) is 0 Å². The summed E-state index contributed by atoms with van der Waals surface area (Å²) >= 11 is 0. The Morgan fingerprint density at radius 3 is 1.73 bits per heavy atom. The first kappa shape index (κ1) is 26.3. The predicted octanol–water partition coefficient (Wildman–Crippen LogP) is 6.16. The summed E-state index contributed by atoms with van der Waals surface area (Å²) in [6.07, 6.45) is -10.4. The zero-order valence-electron chi connectivity index (χ0n) is 14.5. The van der Waals surface area contributed by atoms with Crippen LogP contribution in [0.4, 0.5) is 57.1 Å². The second kappa shape index (κ2) is 8.09. The molecule has 1 aliphatic rings. The lowest BCUT2D eigenvalue weighted by Gasteiger charge is -2.39. The first-order valence-electron chi connectivity index (χ1n) is 8.03. The average molecular weight is 472 g/mol. The van der Waals surface area contributed by atoms with Gasteiger partial charge in [0.15, 0.2) is 5.78 Å². The molecule has 0 saturated carbocycles. The molecule has 15 heteroatoms. The minimum Gasteiger partial charge on any atom is -0.497 e. The van der Waals surface area contributed by atoms with Crippen molar-refractivity contribution in [1.82, 2.24) is 0 Å². The molecule has 0 aromatic carbocycles. The summed E-state index contributed by atoms with van der Waals surface area (Å²) in [7, 11) is 0. The minimum absolute atomic E-state index is 0.208. The summed E-state index contributed by atoms with van der Waals surface area (Å²) in [6.45, 7) is 0. The third kappa shape index (κ3) is 4.48. The van der Waals surface area contributed by atoms with Crippen LogP contribution < -0.4 is 0 Å². The van der Waals surface area contributed by atoms with Crippen LogP contribution in [0.3, 0.4) is 0 Å². The van der Waals surface area contributed by atoms with Crippen molar-refractivity contribution in [1.29, 1.82) is 0 Å². The average Bonchev–Trinajstić information content (AvgIpc) is 2.57. The molecular formula is C15H13F13O2. The number of halogens is 13. The van der Waals surface area contributed by atoms with Gasteiger partial charge in [-0.2, -0.15) is 57.1 Å². The Kier molecular flexibility index (Phi) is 7.11. The smallest absolute Gasteiger partial charge is 0.460 e. The molecule has 0 fully saturated rings. The van der Waals surface area contributed by atoms with E-state index in [2.05, 4.69) is 0 Å². The molecule has 1 aliphatic heterocycles. The van der Waals surface area contributed by atoms with E-state index in [0.29, 0.717) is 0 Å². The van der Waals surface area contributed by atoms with E-state index in [1.165, 1.54) is 0 Å². The van der Waals surface area contributed by atoms with E-state index >= 15 is 0 Å². The van der Waals surface area contributed by atoms with Gasteiger partial charge in [0.1, 0.15) is 6.10 Å². The number of rotatable bonds is 9. The molecule has 1 heterocycles. The summed E-state index contributed by atoms with van der Waals surface area (Å²) in [5.41, 5.74) is 0. The Labute approximate surface area is 160 Å². The van der Waals surface area contributed by atoms with Crippen molar-refractivity contribution in [2.45, 2.75) is 74.0 Å². The molecule has 0 amide bonds. The van der Waals surface area contributed by atoms with E-state index < -0.39 is 66.9 Å². The molecule has 2 nitrogen and oxygen atoms in total. The maximum atomic E-state index is 13.6. The van der Waals surface area contributed by atoms with Gasteiger partial charge in [0.2, 0.25) is 0 Å². The number of alkyl halides is 13. The second-order valence-corrected chi connectivity index (χ2v) is 6.48. The third-order valence-corrected chi connectivity index (χ3v) is 4.22. The Morgan fingerprint density at radius 1 is 0.767 bits per heavy atom. The number of allylic oxidation sites excluding steroid dienone is 1. The molecule has 0 aliphatic carbocycles. The number of carbonyl (C=O) groups excluding carboxylic acids is 1. The zero-order valence-corrected chi connectivity index (χ0v) is 14.5. The molecule has 0 aromatic heterocycles. The fourth-order valence-electron chi connectivity index (χ4n) is 2.41. The Hall–Kier alpha value is -1.70. The standard InChI is InChI=1S/C15H13F13O2/c16-10(17,5-2-1-3-9-7-8(29)4-6-30-9)11(18,19)12(20,21)13(22,23)14(24,25)15(26,27)28/h4,6,9H,1-3,5,7H2/t9-/m0/s1. The Balaban J connectivity index is 2.92. The number of hydrogen-bond acceptors (Lipinski definition) is 2. The summed E-state index contributed by atoms with van der Waals surface area (Å²) < 4.78 is 173.